The maximum atomic E-state index is 12.5. The Morgan fingerprint density at radius 2 is 1.74 bits per heavy atom. The van der Waals surface area contributed by atoms with Gasteiger partial charge < -0.3 is 9.88 Å². The molecule has 0 atom stereocenters. The number of benzene rings is 1. The molecule has 0 saturated heterocycles. The lowest BCUT2D eigenvalue weighted by atomic mass is 10.1. The van der Waals surface area contributed by atoms with Crippen LogP contribution in [0.2, 0.25) is 0 Å². The maximum Gasteiger partial charge on any atom is 0.183 e. The van der Waals surface area contributed by atoms with Gasteiger partial charge in [-0.25, -0.2) is 0 Å². The van der Waals surface area contributed by atoms with E-state index in [1.165, 1.54) is 6.92 Å². The van der Waals surface area contributed by atoms with E-state index in [0.717, 1.165) is 22.6 Å². The summed E-state index contributed by atoms with van der Waals surface area (Å²) >= 11 is 0. The Morgan fingerprint density at radius 3 is 2.22 bits per heavy atom. The van der Waals surface area contributed by atoms with E-state index >= 15 is 0 Å². The van der Waals surface area contributed by atoms with Crippen molar-refractivity contribution in [3.05, 3.63) is 52.8 Å². The highest BCUT2D eigenvalue weighted by molar-refractivity contribution is 6.00. The van der Waals surface area contributed by atoms with Crippen molar-refractivity contribution in [3.63, 3.8) is 0 Å². The van der Waals surface area contributed by atoms with Crippen molar-refractivity contribution in [1.29, 1.82) is 0 Å². The van der Waals surface area contributed by atoms with E-state index in [4.69, 9.17) is 0 Å². The Kier molecular flexibility index (Phi) is 5.04. The molecule has 0 saturated carbocycles. The quantitative estimate of drug-likeness (QED) is 0.814. The zero-order valence-corrected chi connectivity index (χ0v) is 14.4. The molecule has 0 aliphatic heterocycles. The average Bonchev–Trinajstić information content (AvgIpc) is 2.80. The van der Waals surface area contributed by atoms with Gasteiger partial charge in [-0.2, -0.15) is 0 Å². The molecule has 2 aromatic rings. The van der Waals surface area contributed by atoms with E-state index in [-0.39, 0.29) is 18.1 Å². The number of carbonyl (C=O) groups excluding carboxylic acids is 2. The van der Waals surface area contributed by atoms with E-state index in [2.05, 4.69) is 23.7 Å². The van der Waals surface area contributed by atoms with Gasteiger partial charge in [-0.15, -0.1) is 0 Å². The second-order valence-electron chi connectivity index (χ2n) is 6.16. The number of carbonyl (C=O) groups is 2. The van der Waals surface area contributed by atoms with Crippen LogP contribution in [0.1, 0.15) is 58.9 Å². The first-order chi connectivity index (χ1) is 10.8. The van der Waals surface area contributed by atoms with E-state index in [1.807, 2.05) is 32.0 Å². The lowest BCUT2D eigenvalue weighted by Gasteiger charge is -2.13. The van der Waals surface area contributed by atoms with Crippen LogP contribution in [0.15, 0.2) is 30.3 Å². The Bertz CT molecular complexity index is 725. The largest absolute Gasteiger partial charge is 0.378 e. The number of hydrogen-bond acceptors (Lipinski definition) is 3. The molecule has 0 aliphatic rings. The number of Topliss-reactive ketones (excluding diaryl/α,β-unsaturated/α-hetero) is 2. The molecular weight excluding hydrogens is 288 g/mol. The summed E-state index contributed by atoms with van der Waals surface area (Å²) < 4.78 is 2.18. The lowest BCUT2D eigenvalue weighted by molar-refractivity contribution is 0.0999. The number of nitrogens with one attached hydrogen (secondary N) is 1. The molecule has 2 rings (SSSR count). The maximum absolute atomic E-state index is 12.5. The van der Waals surface area contributed by atoms with Crippen LogP contribution in [-0.4, -0.2) is 22.7 Å². The monoisotopic (exact) mass is 312 g/mol. The molecule has 0 unspecified atom stereocenters. The molecule has 23 heavy (non-hydrogen) atoms. The van der Waals surface area contributed by atoms with Crippen LogP contribution in [-0.2, 0) is 0 Å². The van der Waals surface area contributed by atoms with Crippen molar-refractivity contribution in [2.45, 2.75) is 40.7 Å². The van der Waals surface area contributed by atoms with E-state index in [1.54, 1.807) is 12.1 Å². The molecule has 0 bridgehead atoms. The van der Waals surface area contributed by atoms with E-state index in [0.29, 0.717) is 11.6 Å². The van der Waals surface area contributed by atoms with Gasteiger partial charge in [0.25, 0.3) is 0 Å². The van der Waals surface area contributed by atoms with Crippen molar-refractivity contribution in [2.75, 3.05) is 11.9 Å². The summed E-state index contributed by atoms with van der Waals surface area (Å²) in [5, 5.41) is 3.12. The third-order valence-corrected chi connectivity index (χ3v) is 4.05. The normalized spacial score (nSPS) is 10.9. The minimum absolute atomic E-state index is 0.0359. The predicted octanol–water partition coefficient (Wildman–Crippen LogP) is 4.18. The van der Waals surface area contributed by atoms with Crippen molar-refractivity contribution in [2.24, 2.45) is 0 Å². The van der Waals surface area contributed by atoms with Crippen LogP contribution in [0.3, 0.4) is 0 Å². The third kappa shape index (κ3) is 3.70. The fourth-order valence-electron chi connectivity index (χ4n) is 2.95. The van der Waals surface area contributed by atoms with Gasteiger partial charge in [0.05, 0.1) is 6.54 Å². The first kappa shape index (κ1) is 17.0. The van der Waals surface area contributed by atoms with Crippen LogP contribution in [0.4, 0.5) is 5.69 Å². The third-order valence-electron chi connectivity index (χ3n) is 4.05. The van der Waals surface area contributed by atoms with Crippen molar-refractivity contribution in [1.82, 2.24) is 4.57 Å². The molecule has 1 aromatic heterocycles. The predicted molar refractivity (Wildman–Crippen MR) is 93.6 cm³/mol. The minimum atomic E-state index is 0.0359. The summed E-state index contributed by atoms with van der Waals surface area (Å²) in [5.41, 5.74) is 4.38. The summed E-state index contributed by atoms with van der Waals surface area (Å²) in [6, 6.07) is 9.46. The number of anilines is 1. The fraction of sp³-hybridized carbons (Fsp3) is 0.368. The number of aromatic nitrogens is 1. The molecule has 4 heteroatoms. The second-order valence-corrected chi connectivity index (χ2v) is 6.16. The second kappa shape index (κ2) is 6.82. The van der Waals surface area contributed by atoms with Crippen LogP contribution in [0.25, 0.3) is 0 Å². The van der Waals surface area contributed by atoms with Gasteiger partial charge in [0.1, 0.15) is 0 Å². The fourth-order valence-corrected chi connectivity index (χ4v) is 2.95. The van der Waals surface area contributed by atoms with Crippen molar-refractivity contribution < 1.29 is 9.59 Å². The highest BCUT2D eigenvalue weighted by Gasteiger charge is 2.16. The summed E-state index contributed by atoms with van der Waals surface area (Å²) in [7, 11) is 0. The van der Waals surface area contributed by atoms with Gasteiger partial charge in [-0.1, -0.05) is 0 Å². The number of aryl methyl sites for hydroxylation is 1. The molecule has 0 aliphatic carbocycles. The summed E-state index contributed by atoms with van der Waals surface area (Å²) in [6.45, 7) is 10.0. The standard InChI is InChI=1S/C19H24N2O2/c1-12(2)21-13(3)10-18(14(21)4)19(23)11-20-17-8-6-16(7-9-17)15(5)22/h6-10,12,20H,11H2,1-5H3. The van der Waals surface area contributed by atoms with Crippen LogP contribution < -0.4 is 5.32 Å². The zero-order chi connectivity index (χ0) is 17.1. The molecule has 0 radical (unpaired) electrons. The highest BCUT2D eigenvalue weighted by atomic mass is 16.1. The Labute approximate surface area is 137 Å². The summed E-state index contributed by atoms with van der Waals surface area (Å²) in [5.74, 6) is 0.106. The van der Waals surface area contributed by atoms with Gasteiger partial charge in [-0.3, -0.25) is 9.59 Å². The molecule has 1 N–H and O–H groups in total. The topological polar surface area (TPSA) is 51.1 Å². The van der Waals surface area contributed by atoms with Gasteiger partial charge >= 0.3 is 0 Å². The van der Waals surface area contributed by atoms with Crippen LogP contribution in [0, 0.1) is 13.8 Å². The van der Waals surface area contributed by atoms with Gasteiger partial charge in [0.15, 0.2) is 11.6 Å². The first-order valence-electron chi connectivity index (χ1n) is 7.87. The smallest absolute Gasteiger partial charge is 0.183 e. The number of hydrogen-bond donors (Lipinski definition) is 1. The summed E-state index contributed by atoms with van der Waals surface area (Å²) in [6.07, 6.45) is 0. The molecule has 1 heterocycles. The van der Waals surface area contributed by atoms with Gasteiger partial charge in [0.2, 0.25) is 0 Å². The average molecular weight is 312 g/mol. The van der Waals surface area contributed by atoms with Crippen molar-refractivity contribution in [3.8, 4) is 0 Å². The molecular formula is C19H24N2O2. The Hall–Kier alpha value is -2.36. The lowest BCUT2D eigenvalue weighted by Crippen LogP contribution is -2.15. The Morgan fingerprint density at radius 1 is 1.13 bits per heavy atom. The number of nitrogens with zero attached hydrogens (tertiary/aromatic N) is 1. The molecule has 0 fully saturated rings. The number of rotatable bonds is 6. The van der Waals surface area contributed by atoms with Crippen molar-refractivity contribution >= 4 is 17.3 Å². The van der Waals surface area contributed by atoms with Gasteiger partial charge in [0, 0.05) is 34.2 Å². The Balaban J connectivity index is 2.08. The minimum Gasteiger partial charge on any atom is -0.378 e. The molecule has 0 spiro atoms. The van der Waals surface area contributed by atoms with Gasteiger partial charge in [-0.05, 0) is 65.0 Å². The van der Waals surface area contributed by atoms with Crippen LogP contribution in [0.5, 0.6) is 0 Å². The molecule has 0 amide bonds. The van der Waals surface area contributed by atoms with E-state index in [9.17, 15) is 9.59 Å². The number of ketones is 2. The molecule has 122 valence electrons. The van der Waals surface area contributed by atoms with Crippen LogP contribution >= 0.6 is 0 Å². The zero-order valence-electron chi connectivity index (χ0n) is 14.4. The molecule has 1 aromatic carbocycles. The van der Waals surface area contributed by atoms with E-state index < -0.39 is 0 Å². The SMILES string of the molecule is CC(=O)c1ccc(NCC(=O)c2cc(C)n(C(C)C)c2C)cc1. The summed E-state index contributed by atoms with van der Waals surface area (Å²) in [4.78, 5) is 23.7. The highest BCUT2D eigenvalue weighted by Crippen LogP contribution is 2.20. The molecule has 4 nitrogen and oxygen atoms in total. The first-order valence-corrected chi connectivity index (χ1v) is 7.87.